The van der Waals surface area contributed by atoms with Gasteiger partial charge in [0.2, 0.25) is 0 Å². The van der Waals surface area contributed by atoms with Gasteiger partial charge in [0, 0.05) is 0 Å². The van der Waals surface area contributed by atoms with E-state index in [4.69, 9.17) is 29.9 Å². The van der Waals surface area contributed by atoms with Crippen LogP contribution in [0.4, 0.5) is 0 Å². The third kappa shape index (κ3) is 7.45. The van der Waals surface area contributed by atoms with Crippen LogP contribution in [0, 0.1) is 0 Å². The first kappa shape index (κ1) is 41.1. The molecule has 0 spiro atoms. The summed E-state index contributed by atoms with van der Waals surface area (Å²) in [6.45, 7) is 0. The fraction of sp³-hybridized carbons (Fsp3) is 0. The van der Waals surface area contributed by atoms with Crippen LogP contribution in [-0.4, -0.2) is 51.9 Å². The van der Waals surface area contributed by atoms with Gasteiger partial charge in [-0.25, -0.2) is 0 Å². The predicted octanol–water partition coefficient (Wildman–Crippen LogP) is 14.7. The van der Waals surface area contributed by atoms with Gasteiger partial charge in [-0.1, -0.05) is 0 Å². The van der Waals surface area contributed by atoms with Gasteiger partial charge in [-0.3, -0.25) is 0 Å². The molecule has 0 fully saturated rings. The summed E-state index contributed by atoms with van der Waals surface area (Å²) in [4.78, 5) is 42.1. The van der Waals surface area contributed by atoms with Crippen LogP contribution in [0.2, 0.25) is 0 Å². The van der Waals surface area contributed by atoms with Crippen LogP contribution in [0.25, 0.3) is 89.7 Å². The van der Waals surface area contributed by atoms with Crippen molar-refractivity contribution in [2.24, 2.45) is 0 Å². The Bertz CT molecular complexity index is 4140. The molecule has 13 heteroatoms. The number of hydrogen-bond donors (Lipinski definition) is 0. The summed E-state index contributed by atoms with van der Waals surface area (Å²) < 4.78 is 4.61. The second kappa shape index (κ2) is 16.9. The van der Waals surface area contributed by atoms with Gasteiger partial charge in [-0.2, -0.15) is 0 Å². The first-order chi connectivity index (χ1) is 34.1. The molecule has 322 valence electrons. The van der Waals surface area contributed by atoms with E-state index in [1.807, 2.05) is 12.1 Å². The molecule has 14 rings (SSSR count). The second-order valence-corrected chi connectivity index (χ2v) is 22.5. The summed E-state index contributed by atoms with van der Waals surface area (Å²) in [6.07, 6.45) is 0. The topological polar surface area (TPSA) is 86.2 Å². The standard InChI is InChI=1S/C56H32N8S4.Al/c1-5-13-33(14-6-1)65-37-21-25-41-45(29-37)53-58-49(41)57-50-42-26-22-38(66-34-15-7-2-8-16-34)30-46(42)54(59-50)61-52-44-28-24-40(68-36-19-11-4-12-20-36)32-48(44)56(63-52)64-55-47-31-39(67-35-17-9-3-10-18-35)23-27-43(47)51(60-53)62-55;/h1-32H;/q-2;+3. The third-order valence-corrected chi connectivity index (χ3v) is 17.7. The van der Waals surface area contributed by atoms with Crippen molar-refractivity contribution in [3.8, 4) is 45.6 Å². The summed E-state index contributed by atoms with van der Waals surface area (Å²) in [5, 5.41) is 3.95. The van der Waals surface area contributed by atoms with Crippen molar-refractivity contribution in [3.63, 3.8) is 0 Å². The van der Waals surface area contributed by atoms with E-state index in [-0.39, 0.29) is 0 Å². The van der Waals surface area contributed by atoms with Gasteiger partial charge in [0.05, 0.1) is 0 Å². The van der Waals surface area contributed by atoms with Crippen LogP contribution < -0.4 is 0 Å². The van der Waals surface area contributed by atoms with Crippen LogP contribution in [0.3, 0.4) is 0 Å². The molecule has 6 heterocycles. The van der Waals surface area contributed by atoms with E-state index in [9.17, 15) is 0 Å². The van der Waals surface area contributed by atoms with Gasteiger partial charge in [0.15, 0.2) is 0 Å². The number of rotatable bonds is 8. The van der Waals surface area contributed by atoms with Crippen molar-refractivity contribution in [2.75, 3.05) is 0 Å². The Labute approximate surface area is 418 Å². The van der Waals surface area contributed by atoms with Gasteiger partial charge < -0.3 is 0 Å². The molecule has 4 aromatic heterocycles. The zero-order chi connectivity index (χ0) is 45.4. The van der Waals surface area contributed by atoms with Gasteiger partial charge in [-0.05, 0) is 0 Å². The minimum atomic E-state index is -0.828. The molecule has 0 atom stereocenters. The van der Waals surface area contributed by atoms with E-state index in [1.54, 1.807) is 47.0 Å². The Morgan fingerprint density at radius 3 is 0.928 bits per heavy atom. The molecule has 0 saturated carbocycles. The number of aromatic nitrogens is 8. The molecule has 0 aliphatic carbocycles. The van der Waals surface area contributed by atoms with E-state index in [1.165, 1.54) is 0 Å². The summed E-state index contributed by atoms with van der Waals surface area (Å²) in [6, 6.07) is 68.3. The van der Waals surface area contributed by atoms with E-state index >= 15 is 0 Å². The van der Waals surface area contributed by atoms with Gasteiger partial charge in [-0.15, -0.1) is 0 Å². The van der Waals surface area contributed by atoms with Gasteiger partial charge in [0.25, 0.3) is 0 Å². The Kier molecular flexibility index (Phi) is 10.1. The fourth-order valence-corrected chi connectivity index (χ4v) is 14.0. The summed E-state index contributed by atoms with van der Waals surface area (Å²) >= 11 is 6.09. The molecule has 69 heavy (non-hydrogen) atoms. The molecule has 8 nitrogen and oxygen atoms in total. The molecule has 2 aliphatic rings. The van der Waals surface area contributed by atoms with Crippen LogP contribution in [0.5, 0.6) is 0 Å². The Balaban J connectivity index is 1.11. The predicted molar refractivity (Wildman–Crippen MR) is 282 cm³/mol. The summed E-state index contributed by atoms with van der Waals surface area (Å²) in [5.41, 5.74) is 6.91. The first-order valence-corrected chi connectivity index (χ1v) is 26.6. The van der Waals surface area contributed by atoms with Crippen LogP contribution >= 0.6 is 47.0 Å². The monoisotopic (exact) mass is 971 g/mol. The van der Waals surface area contributed by atoms with Crippen molar-refractivity contribution < 1.29 is 0 Å². The van der Waals surface area contributed by atoms with E-state index in [0.717, 1.165) is 106 Å². The Hall–Kier alpha value is -6.95. The second-order valence-electron chi connectivity index (χ2n) is 16.6. The molecule has 2 aliphatic heterocycles. The molecule has 8 aromatic carbocycles. The molecule has 0 N–H and O–H groups in total. The van der Waals surface area contributed by atoms with E-state index in [2.05, 4.69) is 189 Å². The summed E-state index contributed by atoms with van der Waals surface area (Å²) in [5.74, 6) is 2.49. The number of hydrogen-bond acceptors (Lipinski definition) is 10. The van der Waals surface area contributed by atoms with Crippen molar-refractivity contribution in [1.29, 1.82) is 0 Å². The quantitative estimate of drug-likeness (QED) is 0.137. The number of benzene rings is 8. The van der Waals surface area contributed by atoms with Crippen molar-refractivity contribution in [1.82, 2.24) is 36.6 Å². The normalized spacial score (nSPS) is 11.9. The molecule has 0 amide bonds. The Morgan fingerprint density at radius 2 is 0.565 bits per heavy atom. The van der Waals surface area contributed by atoms with Crippen LogP contribution in [-0.2, 0) is 0 Å². The van der Waals surface area contributed by atoms with Crippen molar-refractivity contribution in [3.05, 3.63) is 194 Å². The third-order valence-electron chi connectivity index (χ3n) is 12.2. The molecule has 0 saturated heterocycles. The average molecular weight is 972 g/mol. The van der Waals surface area contributed by atoms with Crippen molar-refractivity contribution in [2.45, 2.75) is 39.2 Å². The van der Waals surface area contributed by atoms with Crippen LogP contribution in [0.15, 0.2) is 233 Å². The van der Waals surface area contributed by atoms with E-state index in [0.29, 0.717) is 23.3 Å². The molecule has 0 radical (unpaired) electrons. The fourth-order valence-electron chi connectivity index (χ4n) is 9.06. The first-order valence-electron chi connectivity index (χ1n) is 22.3. The van der Waals surface area contributed by atoms with E-state index < -0.39 is 15.2 Å². The summed E-state index contributed by atoms with van der Waals surface area (Å²) in [7, 11) is 0. The number of fused-ring (bicyclic) bond motifs is 16. The van der Waals surface area contributed by atoms with Gasteiger partial charge in [0.1, 0.15) is 0 Å². The molecule has 12 aromatic rings. The molecule has 0 unspecified atom stereocenters. The minimum absolute atomic E-state index is 0.621. The van der Waals surface area contributed by atoms with Crippen molar-refractivity contribution >= 4 is 106 Å². The average Bonchev–Trinajstić information content (AvgIpc) is 4.07. The zero-order valence-corrected chi connectivity index (χ0v) is 40.7. The molecular weight excluding hydrogens is 940 g/mol. The Morgan fingerprint density at radius 1 is 0.261 bits per heavy atom. The molecular formula is C56H32AlN8S4+. The number of nitrogens with zero attached hydrogens (tertiary/aromatic N) is 8. The van der Waals surface area contributed by atoms with Gasteiger partial charge >= 0.3 is 422 Å². The molecule has 6 bridgehead atoms. The maximum atomic E-state index is 5.64. The maximum absolute atomic E-state index is 5.64. The SMILES string of the molecule is c1ccc(Sc2ccc3c(c2)-c2nc-3nc3c4ccc(Sc5ccccc5)cc4c4nc5nc(nc6c7cc(Sc8ccccc8)ccc7c(n2)[n]6[Al+][n]34)-c2cc(Sc3ccccc3)ccc2-5)cc1. The zero-order valence-electron chi connectivity index (χ0n) is 36.3. The van der Waals surface area contributed by atoms with Crippen LogP contribution in [0.1, 0.15) is 0 Å².